The molecule has 3 unspecified atom stereocenters. The molecular formula is C13H18N2O4S. The van der Waals surface area contributed by atoms with E-state index in [0.717, 1.165) is 6.42 Å². The first-order valence-corrected chi connectivity index (χ1v) is 7.39. The smallest absolute Gasteiger partial charge is 0.315 e. The lowest BCUT2D eigenvalue weighted by Gasteiger charge is -2.19. The van der Waals surface area contributed by atoms with Gasteiger partial charge in [0.25, 0.3) is 0 Å². The molecule has 3 atom stereocenters. The number of hydrogen-bond acceptors (Lipinski definition) is 4. The topological polar surface area (TPSA) is 87.7 Å². The molecule has 0 saturated carbocycles. The number of amides is 2. The SMILES string of the molecule is CC(Cc1ccsc1)NC(=O)NC1COCC1C(=O)O. The molecule has 0 aliphatic carbocycles. The lowest BCUT2D eigenvalue weighted by molar-refractivity contribution is -0.142. The molecule has 20 heavy (non-hydrogen) atoms. The Hall–Kier alpha value is -1.60. The predicted molar refractivity (Wildman–Crippen MR) is 74.9 cm³/mol. The number of carbonyl (C=O) groups is 2. The molecule has 2 rings (SSSR count). The zero-order chi connectivity index (χ0) is 14.5. The molecule has 2 heterocycles. The van der Waals surface area contributed by atoms with E-state index in [0.29, 0.717) is 0 Å². The number of ether oxygens (including phenoxy) is 1. The van der Waals surface area contributed by atoms with Gasteiger partial charge in [0.2, 0.25) is 0 Å². The summed E-state index contributed by atoms with van der Waals surface area (Å²) < 4.78 is 5.10. The van der Waals surface area contributed by atoms with E-state index in [1.807, 2.05) is 23.8 Å². The average Bonchev–Trinajstić information content (AvgIpc) is 2.99. The number of thiophene rings is 1. The van der Waals surface area contributed by atoms with Gasteiger partial charge < -0.3 is 20.5 Å². The fourth-order valence-electron chi connectivity index (χ4n) is 2.19. The molecule has 7 heteroatoms. The Bertz CT molecular complexity index is 463. The molecule has 1 fully saturated rings. The van der Waals surface area contributed by atoms with Crippen molar-refractivity contribution in [3.63, 3.8) is 0 Å². The molecule has 1 aliphatic rings. The van der Waals surface area contributed by atoms with Crippen LogP contribution in [0.3, 0.4) is 0 Å². The van der Waals surface area contributed by atoms with Crippen molar-refractivity contribution in [2.75, 3.05) is 13.2 Å². The maximum atomic E-state index is 11.8. The highest BCUT2D eigenvalue weighted by Gasteiger charge is 2.35. The lowest BCUT2D eigenvalue weighted by atomic mass is 10.0. The molecule has 1 aromatic rings. The van der Waals surface area contributed by atoms with Gasteiger partial charge in [-0.15, -0.1) is 0 Å². The predicted octanol–water partition coefficient (Wildman–Crippen LogP) is 1.08. The van der Waals surface area contributed by atoms with Gasteiger partial charge in [0.1, 0.15) is 5.92 Å². The van der Waals surface area contributed by atoms with Crippen LogP contribution in [0.25, 0.3) is 0 Å². The van der Waals surface area contributed by atoms with Gasteiger partial charge in [0.05, 0.1) is 19.3 Å². The zero-order valence-electron chi connectivity index (χ0n) is 11.2. The highest BCUT2D eigenvalue weighted by molar-refractivity contribution is 7.07. The van der Waals surface area contributed by atoms with Crippen LogP contribution in [0, 0.1) is 5.92 Å². The van der Waals surface area contributed by atoms with E-state index in [2.05, 4.69) is 10.6 Å². The number of carboxylic acid groups (broad SMARTS) is 1. The van der Waals surface area contributed by atoms with E-state index in [1.165, 1.54) is 5.56 Å². The van der Waals surface area contributed by atoms with E-state index in [1.54, 1.807) is 11.3 Å². The number of urea groups is 1. The summed E-state index contributed by atoms with van der Waals surface area (Å²) in [6, 6.07) is 1.18. The maximum Gasteiger partial charge on any atom is 0.315 e. The quantitative estimate of drug-likeness (QED) is 0.759. The minimum atomic E-state index is -0.945. The van der Waals surface area contributed by atoms with E-state index in [4.69, 9.17) is 9.84 Å². The van der Waals surface area contributed by atoms with Gasteiger partial charge in [-0.3, -0.25) is 4.79 Å². The number of nitrogens with one attached hydrogen (secondary N) is 2. The summed E-state index contributed by atoms with van der Waals surface area (Å²) in [5.74, 6) is -1.62. The van der Waals surface area contributed by atoms with Gasteiger partial charge in [-0.05, 0) is 35.7 Å². The van der Waals surface area contributed by atoms with Crippen LogP contribution in [-0.4, -0.2) is 42.4 Å². The Morgan fingerprint density at radius 1 is 1.55 bits per heavy atom. The maximum absolute atomic E-state index is 11.8. The summed E-state index contributed by atoms with van der Waals surface area (Å²) in [6.45, 7) is 2.30. The number of rotatable bonds is 5. The van der Waals surface area contributed by atoms with Gasteiger partial charge in [-0.2, -0.15) is 11.3 Å². The number of carbonyl (C=O) groups excluding carboxylic acids is 1. The van der Waals surface area contributed by atoms with Crippen LogP contribution in [0.4, 0.5) is 4.79 Å². The van der Waals surface area contributed by atoms with Crippen LogP contribution in [0.2, 0.25) is 0 Å². The third kappa shape index (κ3) is 3.94. The van der Waals surface area contributed by atoms with Crippen LogP contribution in [-0.2, 0) is 16.0 Å². The van der Waals surface area contributed by atoms with Crippen molar-refractivity contribution in [1.82, 2.24) is 10.6 Å². The van der Waals surface area contributed by atoms with E-state index >= 15 is 0 Å². The highest BCUT2D eigenvalue weighted by atomic mass is 32.1. The Morgan fingerprint density at radius 3 is 3.00 bits per heavy atom. The largest absolute Gasteiger partial charge is 0.481 e. The van der Waals surface area contributed by atoms with Gasteiger partial charge in [-0.25, -0.2) is 4.79 Å². The minimum absolute atomic E-state index is 0.0183. The zero-order valence-corrected chi connectivity index (χ0v) is 12.0. The summed E-state index contributed by atoms with van der Waals surface area (Å²) in [4.78, 5) is 22.8. The van der Waals surface area contributed by atoms with Crippen LogP contribution >= 0.6 is 11.3 Å². The van der Waals surface area contributed by atoms with Crippen molar-refractivity contribution in [3.8, 4) is 0 Å². The third-order valence-electron chi connectivity index (χ3n) is 3.21. The molecule has 0 radical (unpaired) electrons. The summed E-state index contributed by atoms with van der Waals surface area (Å²) in [7, 11) is 0. The van der Waals surface area contributed by atoms with Crippen LogP contribution < -0.4 is 10.6 Å². The Kier molecular flexibility index (Phi) is 4.97. The molecule has 0 spiro atoms. The fourth-order valence-corrected chi connectivity index (χ4v) is 2.87. The molecule has 6 nitrogen and oxygen atoms in total. The highest BCUT2D eigenvalue weighted by Crippen LogP contribution is 2.14. The van der Waals surface area contributed by atoms with Gasteiger partial charge >= 0.3 is 12.0 Å². The molecule has 0 aromatic carbocycles. The number of carboxylic acids is 1. The first kappa shape index (κ1) is 14.8. The van der Waals surface area contributed by atoms with Gasteiger partial charge in [-0.1, -0.05) is 0 Å². The molecule has 110 valence electrons. The second-order valence-electron chi connectivity index (χ2n) is 4.94. The van der Waals surface area contributed by atoms with Crippen molar-refractivity contribution in [2.24, 2.45) is 5.92 Å². The van der Waals surface area contributed by atoms with Crippen LogP contribution in [0.15, 0.2) is 16.8 Å². The van der Waals surface area contributed by atoms with Gasteiger partial charge in [0.15, 0.2) is 0 Å². The molecule has 1 aliphatic heterocycles. The molecule has 1 aromatic heterocycles. The Labute approximate surface area is 121 Å². The van der Waals surface area contributed by atoms with Crippen molar-refractivity contribution in [3.05, 3.63) is 22.4 Å². The van der Waals surface area contributed by atoms with E-state index in [9.17, 15) is 9.59 Å². The van der Waals surface area contributed by atoms with Crippen molar-refractivity contribution >= 4 is 23.3 Å². The van der Waals surface area contributed by atoms with Crippen LogP contribution in [0.5, 0.6) is 0 Å². The molecule has 2 amide bonds. The Morgan fingerprint density at radius 2 is 2.35 bits per heavy atom. The van der Waals surface area contributed by atoms with E-state index in [-0.39, 0.29) is 25.3 Å². The number of aliphatic carboxylic acids is 1. The summed E-state index contributed by atoms with van der Waals surface area (Å²) in [6.07, 6.45) is 0.750. The normalized spacial score (nSPS) is 23.2. The summed E-state index contributed by atoms with van der Waals surface area (Å²) >= 11 is 1.62. The molecule has 3 N–H and O–H groups in total. The molecular weight excluding hydrogens is 280 g/mol. The summed E-state index contributed by atoms with van der Waals surface area (Å²) in [5, 5.41) is 18.5. The summed E-state index contributed by atoms with van der Waals surface area (Å²) in [5.41, 5.74) is 1.18. The molecule has 1 saturated heterocycles. The number of hydrogen-bond donors (Lipinski definition) is 3. The second-order valence-corrected chi connectivity index (χ2v) is 5.72. The third-order valence-corrected chi connectivity index (χ3v) is 3.95. The second kappa shape index (κ2) is 6.71. The van der Waals surface area contributed by atoms with Gasteiger partial charge in [0, 0.05) is 6.04 Å². The average molecular weight is 298 g/mol. The first-order valence-electron chi connectivity index (χ1n) is 6.45. The van der Waals surface area contributed by atoms with Crippen molar-refractivity contribution < 1.29 is 19.4 Å². The van der Waals surface area contributed by atoms with Crippen molar-refractivity contribution in [1.29, 1.82) is 0 Å². The standard InChI is InChI=1S/C13H18N2O4S/c1-8(4-9-2-3-20-7-9)14-13(18)15-11-6-19-5-10(11)12(16)17/h2-3,7-8,10-11H,4-6H2,1H3,(H,16,17)(H2,14,15,18). The first-order chi connectivity index (χ1) is 9.56. The minimum Gasteiger partial charge on any atom is -0.481 e. The van der Waals surface area contributed by atoms with Crippen molar-refractivity contribution in [2.45, 2.75) is 25.4 Å². The van der Waals surface area contributed by atoms with E-state index < -0.39 is 17.9 Å². The Balaban J connectivity index is 1.78. The lowest BCUT2D eigenvalue weighted by Crippen LogP contribution is -2.49. The van der Waals surface area contributed by atoms with Crippen LogP contribution in [0.1, 0.15) is 12.5 Å². The fraction of sp³-hybridized carbons (Fsp3) is 0.538. The monoisotopic (exact) mass is 298 g/mol. The molecule has 0 bridgehead atoms.